The molecule has 0 saturated carbocycles. The summed E-state index contributed by atoms with van der Waals surface area (Å²) in [6, 6.07) is 0. The van der Waals surface area contributed by atoms with Gasteiger partial charge in [0.2, 0.25) is 0 Å². The molecule has 0 amide bonds. The van der Waals surface area contributed by atoms with Gasteiger partial charge in [-0.2, -0.15) is 0 Å². The van der Waals surface area contributed by atoms with E-state index in [-0.39, 0.29) is 30.8 Å². The summed E-state index contributed by atoms with van der Waals surface area (Å²) in [7, 11) is 0. The molecule has 0 rings (SSSR count). The minimum atomic E-state index is -1.10. The second-order valence-corrected chi connectivity index (χ2v) is 3.75. The second-order valence-electron chi connectivity index (χ2n) is 3.28. The van der Waals surface area contributed by atoms with Crippen LogP contribution < -0.4 is 0 Å². The SMILES string of the molecule is CCN(O)C(=S)CC(CCC(=O)O)C(=O)O. The number of hydroxylamine groups is 2. The number of nitrogens with zero attached hydrogens (tertiary/aromatic N) is 1. The van der Waals surface area contributed by atoms with Crippen LogP contribution in [0.2, 0.25) is 0 Å². The molecule has 0 radical (unpaired) electrons. The van der Waals surface area contributed by atoms with E-state index < -0.39 is 17.9 Å². The maximum absolute atomic E-state index is 10.8. The highest BCUT2D eigenvalue weighted by Gasteiger charge is 2.21. The summed E-state index contributed by atoms with van der Waals surface area (Å²) >= 11 is 4.82. The van der Waals surface area contributed by atoms with E-state index in [0.717, 1.165) is 5.06 Å². The summed E-state index contributed by atoms with van der Waals surface area (Å²) < 4.78 is 0. The zero-order valence-electron chi connectivity index (χ0n) is 8.92. The molecular formula is C9H15NO5S. The average Bonchev–Trinajstić information content (AvgIpc) is 2.21. The third kappa shape index (κ3) is 5.62. The summed E-state index contributed by atoms with van der Waals surface area (Å²) in [5, 5.41) is 27.3. The Hall–Kier alpha value is -1.21. The van der Waals surface area contributed by atoms with Crippen molar-refractivity contribution in [3.63, 3.8) is 0 Å². The van der Waals surface area contributed by atoms with Crippen molar-refractivity contribution in [3.05, 3.63) is 0 Å². The Labute approximate surface area is 98.4 Å². The minimum absolute atomic E-state index is 0.00234. The Morgan fingerprint density at radius 2 is 1.94 bits per heavy atom. The van der Waals surface area contributed by atoms with Gasteiger partial charge in [-0.25, -0.2) is 0 Å². The molecule has 0 bridgehead atoms. The van der Waals surface area contributed by atoms with Crippen molar-refractivity contribution in [1.29, 1.82) is 0 Å². The van der Waals surface area contributed by atoms with Gasteiger partial charge >= 0.3 is 11.9 Å². The molecule has 0 fully saturated rings. The summed E-state index contributed by atoms with van der Waals surface area (Å²) in [5.41, 5.74) is 0. The summed E-state index contributed by atoms with van der Waals surface area (Å²) in [5.74, 6) is -3.02. The van der Waals surface area contributed by atoms with Crippen molar-refractivity contribution in [2.24, 2.45) is 5.92 Å². The zero-order valence-corrected chi connectivity index (χ0v) is 9.74. The lowest BCUT2D eigenvalue weighted by atomic mass is 9.99. The first-order valence-corrected chi connectivity index (χ1v) is 5.23. The number of aliphatic carboxylic acids is 2. The molecule has 0 aliphatic heterocycles. The zero-order chi connectivity index (χ0) is 12.7. The predicted octanol–water partition coefficient (Wildman–Crippen LogP) is 0.981. The van der Waals surface area contributed by atoms with Gasteiger partial charge < -0.3 is 10.2 Å². The van der Waals surface area contributed by atoms with Gasteiger partial charge in [0, 0.05) is 19.4 Å². The lowest BCUT2D eigenvalue weighted by Crippen LogP contribution is -2.29. The molecule has 1 unspecified atom stereocenters. The molecule has 0 spiro atoms. The second kappa shape index (κ2) is 7.13. The van der Waals surface area contributed by atoms with Crippen LogP contribution in [0.4, 0.5) is 0 Å². The van der Waals surface area contributed by atoms with E-state index in [4.69, 9.17) is 22.4 Å². The van der Waals surface area contributed by atoms with Crippen LogP contribution in [0.15, 0.2) is 0 Å². The van der Waals surface area contributed by atoms with Crippen LogP contribution >= 0.6 is 12.2 Å². The Balaban J connectivity index is 4.28. The van der Waals surface area contributed by atoms with Gasteiger partial charge in [0.1, 0.15) is 4.99 Å². The number of hydrogen-bond acceptors (Lipinski definition) is 4. The Morgan fingerprint density at radius 3 is 2.31 bits per heavy atom. The van der Waals surface area contributed by atoms with Crippen LogP contribution in [0.5, 0.6) is 0 Å². The van der Waals surface area contributed by atoms with Crippen LogP contribution in [0.25, 0.3) is 0 Å². The number of hydrogen-bond donors (Lipinski definition) is 3. The van der Waals surface area contributed by atoms with E-state index in [1.807, 2.05) is 0 Å². The van der Waals surface area contributed by atoms with Crippen molar-refractivity contribution in [2.75, 3.05) is 6.54 Å². The van der Waals surface area contributed by atoms with E-state index in [9.17, 15) is 14.8 Å². The lowest BCUT2D eigenvalue weighted by molar-refractivity contribution is -0.142. The van der Waals surface area contributed by atoms with E-state index in [1.54, 1.807) is 6.92 Å². The number of thiocarbonyl (C=S) groups is 1. The fourth-order valence-electron chi connectivity index (χ4n) is 1.10. The van der Waals surface area contributed by atoms with Crippen LogP contribution in [0, 0.1) is 5.92 Å². The van der Waals surface area contributed by atoms with Crippen molar-refractivity contribution in [1.82, 2.24) is 5.06 Å². The third-order valence-corrected chi connectivity index (χ3v) is 2.44. The number of carboxylic acid groups (broad SMARTS) is 2. The van der Waals surface area contributed by atoms with E-state index in [2.05, 4.69) is 0 Å². The molecular weight excluding hydrogens is 234 g/mol. The monoisotopic (exact) mass is 249 g/mol. The first-order chi connectivity index (χ1) is 7.38. The van der Waals surface area contributed by atoms with Gasteiger partial charge in [-0.05, 0) is 13.3 Å². The molecule has 3 N–H and O–H groups in total. The standard InChI is InChI=1S/C9H15NO5S/c1-2-10(15)7(16)5-6(9(13)14)3-4-8(11)12/h6,15H,2-5H2,1H3,(H,11,12)(H,13,14). The molecule has 7 heteroatoms. The largest absolute Gasteiger partial charge is 0.481 e. The van der Waals surface area contributed by atoms with Crippen molar-refractivity contribution in [2.45, 2.75) is 26.2 Å². The molecule has 92 valence electrons. The van der Waals surface area contributed by atoms with Gasteiger partial charge in [0.15, 0.2) is 0 Å². The van der Waals surface area contributed by atoms with Gasteiger partial charge in [-0.3, -0.25) is 19.9 Å². The highest BCUT2D eigenvalue weighted by Crippen LogP contribution is 2.14. The fraction of sp³-hybridized carbons (Fsp3) is 0.667. The topological polar surface area (TPSA) is 98.1 Å². The summed E-state index contributed by atoms with van der Waals surface area (Å²) in [6.45, 7) is 1.93. The van der Waals surface area contributed by atoms with Gasteiger partial charge in [-0.1, -0.05) is 12.2 Å². The van der Waals surface area contributed by atoms with Gasteiger partial charge in [0.25, 0.3) is 0 Å². The number of carboxylic acids is 2. The molecule has 16 heavy (non-hydrogen) atoms. The number of rotatable bonds is 7. The molecule has 0 heterocycles. The molecule has 6 nitrogen and oxygen atoms in total. The van der Waals surface area contributed by atoms with Crippen molar-refractivity contribution >= 4 is 29.1 Å². The Bertz CT molecular complexity index is 281. The first kappa shape index (κ1) is 14.8. The highest BCUT2D eigenvalue weighted by atomic mass is 32.1. The van der Waals surface area contributed by atoms with Crippen LogP contribution in [0.3, 0.4) is 0 Å². The van der Waals surface area contributed by atoms with Crippen molar-refractivity contribution in [3.8, 4) is 0 Å². The molecule has 0 aliphatic carbocycles. The van der Waals surface area contributed by atoms with Crippen molar-refractivity contribution < 1.29 is 25.0 Å². The summed E-state index contributed by atoms with van der Waals surface area (Å²) in [4.78, 5) is 21.2. The van der Waals surface area contributed by atoms with E-state index >= 15 is 0 Å². The highest BCUT2D eigenvalue weighted by molar-refractivity contribution is 7.80. The van der Waals surface area contributed by atoms with E-state index in [0.29, 0.717) is 0 Å². The quantitative estimate of drug-likeness (QED) is 0.457. The van der Waals surface area contributed by atoms with Gasteiger partial charge in [0.05, 0.1) is 5.92 Å². The lowest BCUT2D eigenvalue weighted by Gasteiger charge is -2.18. The Morgan fingerprint density at radius 1 is 1.38 bits per heavy atom. The number of carbonyl (C=O) groups is 2. The first-order valence-electron chi connectivity index (χ1n) is 4.82. The maximum atomic E-state index is 10.8. The average molecular weight is 249 g/mol. The molecule has 0 aromatic carbocycles. The molecule has 1 atom stereocenters. The van der Waals surface area contributed by atoms with Crippen LogP contribution in [-0.2, 0) is 9.59 Å². The Kier molecular flexibility index (Phi) is 6.59. The molecule has 0 aromatic heterocycles. The smallest absolute Gasteiger partial charge is 0.306 e. The maximum Gasteiger partial charge on any atom is 0.306 e. The van der Waals surface area contributed by atoms with E-state index in [1.165, 1.54) is 0 Å². The third-order valence-electron chi connectivity index (χ3n) is 2.06. The fourth-order valence-corrected chi connectivity index (χ4v) is 1.43. The summed E-state index contributed by atoms with van der Waals surface area (Å²) in [6.07, 6.45) is -0.248. The van der Waals surface area contributed by atoms with Crippen LogP contribution in [0.1, 0.15) is 26.2 Å². The molecule has 0 aliphatic rings. The minimum Gasteiger partial charge on any atom is -0.481 e. The predicted molar refractivity (Wildman–Crippen MR) is 59.4 cm³/mol. The molecule has 0 saturated heterocycles. The molecule has 0 aromatic rings. The normalized spacial score (nSPS) is 11.9. The van der Waals surface area contributed by atoms with Crippen LogP contribution in [-0.4, -0.2) is 44.0 Å². The van der Waals surface area contributed by atoms with Gasteiger partial charge in [-0.15, -0.1) is 0 Å².